The first-order valence-electron chi connectivity index (χ1n) is 22.0. The summed E-state index contributed by atoms with van der Waals surface area (Å²) in [5.74, 6) is -0.567. The Morgan fingerprint density at radius 3 is 1.87 bits per heavy atom. The standard InChI is InChI=1S/C32H31N3O7.C13H21N3O2.C7H8O.K/c33-17-21(13-19-1-4-22(36)5-2-19)35-41-12-11-34-18-20-3-8-25(28(14-20)32(39)40)31-26-9-6-23(37)15-29(26)42-30-16-24(38)7-10-27(30)31;1-15-11(9-16-7-6-13(14)18)8-10-2-4-12(17)5-3-10;1-6-2-4-7(8)5-3-6;/h1-10,14-16,21,34-37H,11-13,17-18,33H2,(H,39,40);2-5,11,15-17H,6-9H2,1H3,(H2,14,18);2-5,8H,1H3;/q;;;+1/p-1. The number of rotatable bonds is 20. The number of nitrogens with one attached hydrogen (secondary N) is 4. The molecule has 1 amide bonds. The van der Waals surface area contributed by atoms with Gasteiger partial charge in [-0.15, -0.1) is 0 Å². The van der Waals surface area contributed by atoms with Gasteiger partial charge in [-0.3, -0.25) is 9.59 Å². The molecule has 1 aliphatic heterocycles. The zero-order valence-corrected chi connectivity index (χ0v) is 42.2. The van der Waals surface area contributed by atoms with E-state index in [-0.39, 0.29) is 103 Å². The Bertz CT molecular complexity index is 2700. The van der Waals surface area contributed by atoms with Crippen LogP contribution in [0.25, 0.3) is 33.4 Å². The van der Waals surface area contributed by atoms with Gasteiger partial charge in [0.25, 0.3) is 0 Å². The second kappa shape index (κ2) is 28.7. The van der Waals surface area contributed by atoms with Crippen molar-refractivity contribution in [3.63, 3.8) is 0 Å². The van der Waals surface area contributed by atoms with Gasteiger partial charge in [0.05, 0.1) is 12.6 Å². The molecule has 7 rings (SSSR count). The minimum absolute atomic E-state index is 0. The summed E-state index contributed by atoms with van der Waals surface area (Å²) in [6.45, 7) is 4.94. The Morgan fingerprint density at radius 1 is 0.710 bits per heavy atom. The molecule has 358 valence electrons. The van der Waals surface area contributed by atoms with E-state index in [4.69, 9.17) is 25.8 Å². The maximum absolute atomic E-state index is 12.3. The summed E-state index contributed by atoms with van der Waals surface area (Å²) < 4.78 is 5.87. The fraction of sp³-hybridized carbons (Fsp3) is 0.250. The van der Waals surface area contributed by atoms with E-state index in [1.165, 1.54) is 29.8 Å². The Kier molecular flexibility index (Phi) is 23.3. The first kappa shape index (κ1) is 55.9. The van der Waals surface area contributed by atoms with Crippen molar-refractivity contribution >= 4 is 22.8 Å². The first-order valence-corrected chi connectivity index (χ1v) is 22.0. The fourth-order valence-corrected chi connectivity index (χ4v) is 7.09. The van der Waals surface area contributed by atoms with Crippen molar-refractivity contribution in [2.24, 2.45) is 11.5 Å². The predicted octanol–water partition coefficient (Wildman–Crippen LogP) is 1.21. The van der Waals surface area contributed by atoms with Crippen molar-refractivity contribution in [3.8, 4) is 45.4 Å². The van der Waals surface area contributed by atoms with Crippen LogP contribution in [0.2, 0.25) is 0 Å². The number of likely N-dealkylation sites (N-methyl/N-ethyl adjacent to an activating group) is 1. The minimum Gasteiger partial charge on any atom is -0.545 e. The number of nitrogens with two attached hydrogens (primary N) is 2. The molecule has 0 bridgehead atoms. The number of fused-ring (bicyclic) bond motifs is 2. The smallest absolute Gasteiger partial charge is 0.545 e. The van der Waals surface area contributed by atoms with Crippen molar-refractivity contribution in [1.29, 1.82) is 0 Å². The van der Waals surface area contributed by atoms with Gasteiger partial charge in [0.1, 0.15) is 34.3 Å². The number of hydroxylamine groups is 1. The van der Waals surface area contributed by atoms with Crippen molar-refractivity contribution in [1.82, 2.24) is 21.4 Å². The van der Waals surface area contributed by atoms with Gasteiger partial charge in [-0.1, -0.05) is 54.1 Å². The largest absolute Gasteiger partial charge is 1.00 e. The third-order valence-electron chi connectivity index (χ3n) is 10.7. The molecule has 17 heteroatoms. The molecule has 0 saturated carbocycles. The van der Waals surface area contributed by atoms with Gasteiger partial charge in [-0.25, -0.2) is 0 Å². The summed E-state index contributed by atoms with van der Waals surface area (Å²) in [6.07, 6.45) is 1.86. The fourth-order valence-electron chi connectivity index (χ4n) is 7.09. The maximum atomic E-state index is 12.3. The molecule has 2 atom stereocenters. The number of carbonyl (C=O) groups excluding carboxylic acids is 2. The van der Waals surface area contributed by atoms with Gasteiger partial charge < -0.3 is 67.0 Å². The molecule has 2 unspecified atom stereocenters. The molecule has 0 radical (unpaired) electrons. The van der Waals surface area contributed by atoms with Crippen LogP contribution in [0.1, 0.15) is 39.0 Å². The number of carboxylic acids is 1. The van der Waals surface area contributed by atoms with Crippen molar-refractivity contribution in [2.75, 3.05) is 39.8 Å². The number of hydrogen-bond donors (Lipinski definition) is 10. The van der Waals surface area contributed by atoms with Gasteiger partial charge in [0, 0.05) is 85.4 Å². The van der Waals surface area contributed by atoms with Gasteiger partial charge in [-0.05, 0) is 116 Å². The Labute approximate surface area is 443 Å². The number of benzene rings is 6. The SMILES string of the molecule is CNC(CNCCC(N)=O)Cc1ccc(O)cc1.Cc1ccc(O)cc1.NCC(Cc1ccc(O)cc1)NOCCNCc1ccc(-c2c3ccc(=O)cc-3oc3cc(O)ccc23)c(C(=O)[O-])c1.[K+]. The average Bonchev–Trinajstić information content (AvgIpc) is 3.32. The quantitative estimate of drug-likeness (QED) is 0.0223. The zero-order valence-electron chi connectivity index (χ0n) is 39.0. The average molecular weight is 967 g/mol. The molecule has 5 aromatic rings. The summed E-state index contributed by atoms with van der Waals surface area (Å²) in [4.78, 5) is 40.4. The van der Waals surface area contributed by atoms with E-state index in [0.717, 1.165) is 29.7 Å². The molecule has 16 nitrogen and oxygen atoms in total. The van der Waals surface area contributed by atoms with E-state index in [2.05, 4.69) is 21.4 Å². The van der Waals surface area contributed by atoms with Crippen LogP contribution in [0.5, 0.6) is 23.0 Å². The van der Waals surface area contributed by atoms with Gasteiger partial charge in [0.2, 0.25) is 5.91 Å². The number of phenols is 4. The van der Waals surface area contributed by atoms with Crippen molar-refractivity contribution < 1.29 is 95.8 Å². The van der Waals surface area contributed by atoms with E-state index in [1.54, 1.807) is 60.7 Å². The Hall–Kier alpha value is -5.67. The molecule has 2 aliphatic rings. The van der Waals surface area contributed by atoms with Crippen LogP contribution in [0.4, 0.5) is 0 Å². The zero-order chi connectivity index (χ0) is 49.0. The second-order valence-electron chi connectivity index (χ2n) is 16.0. The molecular formula is C52H59KN6O10. The van der Waals surface area contributed by atoms with E-state index in [0.29, 0.717) is 79.0 Å². The molecule has 1 heterocycles. The number of aromatic carboxylic acids is 1. The van der Waals surface area contributed by atoms with Gasteiger partial charge in [0.15, 0.2) is 5.43 Å². The summed E-state index contributed by atoms with van der Waals surface area (Å²) in [5.41, 5.74) is 19.5. The third kappa shape index (κ3) is 18.3. The summed E-state index contributed by atoms with van der Waals surface area (Å²) >= 11 is 0. The number of primary amides is 1. The van der Waals surface area contributed by atoms with Gasteiger partial charge in [-0.2, -0.15) is 5.48 Å². The Morgan fingerprint density at radius 2 is 1.29 bits per heavy atom. The topological polar surface area (TPSA) is 278 Å². The molecule has 12 N–H and O–H groups in total. The molecule has 0 saturated heterocycles. The van der Waals surface area contributed by atoms with Crippen LogP contribution in [0.3, 0.4) is 0 Å². The number of carbonyl (C=O) groups is 2. The van der Waals surface area contributed by atoms with E-state index in [9.17, 15) is 34.8 Å². The molecule has 0 fully saturated rings. The number of aryl methyl sites for hydroxylation is 1. The number of amides is 1. The number of hydrogen-bond acceptors (Lipinski definition) is 15. The van der Waals surface area contributed by atoms with Crippen LogP contribution in [0.15, 0.2) is 137 Å². The van der Waals surface area contributed by atoms with Crippen LogP contribution < -0.4 is 94.8 Å². The number of phenolic OH excluding ortho intramolecular Hbond substituents is 4. The summed E-state index contributed by atoms with van der Waals surface area (Å²) in [6, 6.07) is 35.3. The molecule has 0 spiro atoms. The number of carboxylic acid groups (broad SMARTS) is 1. The third-order valence-corrected chi connectivity index (χ3v) is 10.7. The molecular weight excluding hydrogens is 908 g/mol. The molecule has 0 aromatic heterocycles. The normalized spacial score (nSPS) is 11.6. The van der Waals surface area contributed by atoms with E-state index >= 15 is 0 Å². The summed E-state index contributed by atoms with van der Waals surface area (Å²) in [5, 5.41) is 59.9. The van der Waals surface area contributed by atoms with Crippen LogP contribution in [0, 0.1) is 6.92 Å². The number of aromatic hydroxyl groups is 4. The molecule has 5 aromatic carbocycles. The Balaban J connectivity index is 0.000000315. The minimum atomic E-state index is -1.35. The van der Waals surface area contributed by atoms with Crippen LogP contribution in [-0.4, -0.2) is 84.2 Å². The predicted molar refractivity (Wildman–Crippen MR) is 260 cm³/mol. The van der Waals surface area contributed by atoms with Crippen LogP contribution >= 0.6 is 0 Å². The van der Waals surface area contributed by atoms with Gasteiger partial charge >= 0.3 is 51.4 Å². The van der Waals surface area contributed by atoms with E-state index < -0.39 is 5.97 Å². The van der Waals surface area contributed by atoms with Crippen molar-refractivity contribution in [2.45, 2.75) is 44.8 Å². The van der Waals surface area contributed by atoms with Crippen molar-refractivity contribution in [3.05, 3.63) is 165 Å². The molecule has 1 aliphatic carbocycles. The monoisotopic (exact) mass is 966 g/mol. The summed E-state index contributed by atoms with van der Waals surface area (Å²) in [7, 11) is 1.90. The van der Waals surface area contributed by atoms with Crippen LogP contribution in [-0.2, 0) is 29.0 Å². The molecule has 69 heavy (non-hydrogen) atoms. The maximum Gasteiger partial charge on any atom is 1.00 e. The second-order valence-corrected chi connectivity index (χ2v) is 16.0. The van der Waals surface area contributed by atoms with E-state index in [1.807, 2.05) is 56.4 Å². The first-order chi connectivity index (χ1) is 32.7.